The van der Waals surface area contributed by atoms with Gasteiger partial charge in [0.2, 0.25) is 5.91 Å². The van der Waals surface area contributed by atoms with E-state index in [0.29, 0.717) is 13.1 Å². The molecule has 0 aliphatic carbocycles. The van der Waals surface area contributed by atoms with E-state index in [-0.39, 0.29) is 17.7 Å². The summed E-state index contributed by atoms with van der Waals surface area (Å²) in [6, 6.07) is 7.32. The van der Waals surface area contributed by atoms with Crippen LogP contribution in [0.2, 0.25) is 0 Å². The molecule has 1 aliphatic rings. The minimum Gasteiger partial charge on any atom is -0.467 e. The Labute approximate surface area is 132 Å². The average molecular weight is 318 g/mol. The van der Waals surface area contributed by atoms with E-state index in [0.717, 1.165) is 30.0 Å². The van der Waals surface area contributed by atoms with Crippen molar-refractivity contribution in [1.82, 2.24) is 10.2 Å². The fourth-order valence-corrected chi connectivity index (χ4v) is 3.35. The van der Waals surface area contributed by atoms with Gasteiger partial charge in [0.15, 0.2) is 0 Å². The van der Waals surface area contributed by atoms with Crippen LogP contribution < -0.4 is 5.32 Å². The minimum atomic E-state index is -0.146. The Bertz CT molecular complexity index is 622. The Kier molecular flexibility index (Phi) is 4.58. The maximum absolute atomic E-state index is 12.4. The number of piperidine rings is 1. The smallest absolute Gasteiger partial charge is 0.263 e. The Morgan fingerprint density at radius 1 is 1.36 bits per heavy atom. The Morgan fingerprint density at radius 3 is 3.00 bits per heavy atom. The number of furan rings is 1. The van der Waals surface area contributed by atoms with Crippen LogP contribution in [0.5, 0.6) is 0 Å². The van der Waals surface area contributed by atoms with Gasteiger partial charge in [-0.2, -0.15) is 0 Å². The molecule has 2 amide bonds. The largest absolute Gasteiger partial charge is 0.467 e. The van der Waals surface area contributed by atoms with Crippen LogP contribution >= 0.6 is 11.3 Å². The van der Waals surface area contributed by atoms with Crippen molar-refractivity contribution >= 4 is 23.2 Å². The van der Waals surface area contributed by atoms with E-state index in [1.807, 2.05) is 23.6 Å². The van der Waals surface area contributed by atoms with Crippen LogP contribution in [0, 0.1) is 5.92 Å². The van der Waals surface area contributed by atoms with Gasteiger partial charge < -0.3 is 14.6 Å². The van der Waals surface area contributed by atoms with E-state index in [1.165, 1.54) is 11.3 Å². The topological polar surface area (TPSA) is 62.6 Å². The molecule has 1 N–H and O–H groups in total. The van der Waals surface area contributed by atoms with E-state index in [9.17, 15) is 9.59 Å². The van der Waals surface area contributed by atoms with Gasteiger partial charge in [-0.15, -0.1) is 11.3 Å². The lowest BCUT2D eigenvalue weighted by Gasteiger charge is -2.31. The molecular formula is C16H18N2O3S. The van der Waals surface area contributed by atoms with Crippen molar-refractivity contribution in [3.63, 3.8) is 0 Å². The maximum atomic E-state index is 12.4. The number of likely N-dealkylation sites (tertiary alicyclic amines) is 1. The molecule has 0 aromatic carbocycles. The predicted octanol–water partition coefficient (Wildman–Crippen LogP) is 2.51. The van der Waals surface area contributed by atoms with Gasteiger partial charge in [0.05, 0.1) is 23.6 Å². The summed E-state index contributed by atoms with van der Waals surface area (Å²) in [5, 5.41) is 4.77. The standard InChI is InChI=1S/C16H18N2O3S/c19-15(17-10-13-5-2-8-21-13)12-4-1-7-18(11-12)16(20)14-6-3-9-22-14/h2-3,5-6,8-9,12H,1,4,7,10-11H2,(H,17,19)/t12-/m1/s1. The first-order chi connectivity index (χ1) is 10.7. The fraction of sp³-hybridized carbons (Fsp3) is 0.375. The highest BCUT2D eigenvalue weighted by Gasteiger charge is 2.29. The number of hydrogen-bond donors (Lipinski definition) is 1. The Balaban J connectivity index is 1.55. The van der Waals surface area contributed by atoms with Crippen LogP contribution in [0.1, 0.15) is 28.3 Å². The van der Waals surface area contributed by atoms with E-state index in [4.69, 9.17) is 4.42 Å². The van der Waals surface area contributed by atoms with Gasteiger partial charge in [-0.05, 0) is 36.4 Å². The molecule has 1 atom stereocenters. The predicted molar refractivity (Wildman–Crippen MR) is 83.5 cm³/mol. The highest BCUT2D eigenvalue weighted by molar-refractivity contribution is 7.12. The summed E-state index contributed by atoms with van der Waals surface area (Å²) in [7, 11) is 0. The van der Waals surface area contributed by atoms with Crippen molar-refractivity contribution in [3.05, 3.63) is 46.5 Å². The molecule has 1 aliphatic heterocycles. The molecule has 1 saturated heterocycles. The third-order valence-electron chi connectivity index (χ3n) is 3.83. The molecule has 2 aromatic heterocycles. The lowest BCUT2D eigenvalue weighted by atomic mass is 9.97. The number of rotatable bonds is 4. The summed E-state index contributed by atoms with van der Waals surface area (Å²) >= 11 is 1.44. The van der Waals surface area contributed by atoms with Gasteiger partial charge in [0.1, 0.15) is 5.76 Å². The SMILES string of the molecule is O=C(NCc1ccco1)[C@@H]1CCCN(C(=O)c2cccs2)C1. The van der Waals surface area contributed by atoms with Crippen molar-refractivity contribution in [2.24, 2.45) is 5.92 Å². The second kappa shape index (κ2) is 6.79. The third kappa shape index (κ3) is 3.39. The first kappa shape index (κ1) is 14.8. The van der Waals surface area contributed by atoms with Gasteiger partial charge in [-0.1, -0.05) is 6.07 Å². The summed E-state index contributed by atoms with van der Waals surface area (Å²) in [4.78, 5) is 27.1. The van der Waals surface area contributed by atoms with Crippen LogP contribution in [0.15, 0.2) is 40.3 Å². The van der Waals surface area contributed by atoms with Crippen LogP contribution in [-0.4, -0.2) is 29.8 Å². The summed E-state index contributed by atoms with van der Waals surface area (Å²) in [6.45, 7) is 1.60. The van der Waals surface area contributed by atoms with Crippen molar-refractivity contribution in [2.75, 3.05) is 13.1 Å². The van der Waals surface area contributed by atoms with Gasteiger partial charge in [-0.3, -0.25) is 9.59 Å². The highest BCUT2D eigenvalue weighted by Crippen LogP contribution is 2.20. The third-order valence-corrected chi connectivity index (χ3v) is 4.69. The molecule has 1 fully saturated rings. The normalized spacial score (nSPS) is 18.2. The van der Waals surface area contributed by atoms with Crippen molar-refractivity contribution in [1.29, 1.82) is 0 Å². The number of carbonyl (C=O) groups excluding carboxylic acids is 2. The van der Waals surface area contributed by atoms with Crippen LogP contribution in [0.25, 0.3) is 0 Å². The molecule has 5 nitrogen and oxygen atoms in total. The molecule has 3 rings (SSSR count). The quantitative estimate of drug-likeness (QED) is 0.942. The number of hydrogen-bond acceptors (Lipinski definition) is 4. The first-order valence-corrected chi connectivity index (χ1v) is 8.25. The van der Waals surface area contributed by atoms with Crippen LogP contribution in [0.3, 0.4) is 0 Å². The molecule has 0 spiro atoms. The zero-order valence-corrected chi connectivity index (χ0v) is 13.0. The number of amides is 2. The monoisotopic (exact) mass is 318 g/mol. The number of nitrogens with one attached hydrogen (secondary N) is 1. The molecule has 0 unspecified atom stereocenters. The zero-order valence-electron chi connectivity index (χ0n) is 12.2. The first-order valence-electron chi connectivity index (χ1n) is 7.37. The second-order valence-electron chi connectivity index (χ2n) is 5.36. The maximum Gasteiger partial charge on any atom is 0.263 e. The number of nitrogens with zero attached hydrogens (tertiary/aromatic N) is 1. The minimum absolute atomic E-state index is 0.0138. The number of carbonyl (C=O) groups is 2. The molecule has 0 bridgehead atoms. The summed E-state index contributed by atoms with van der Waals surface area (Å²) in [5.74, 6) is 0.599. The van der Waals surface area contributed by atoms with Crippen LogP contribution in [0.4, 0.5) is 0 Å². The molecule has 2 aromatic rings. The van der Waals surface area contributed by atoms with Gasteiger partial charge in [0, 0.05) is 13.1 Å². The molecule has 116 valence electrons. The molecular weight excluding hydrogens is 300 g/mol. The zero-order chi connectivity index (χ0) is 15.4. The van der Waals surface area contributed by atoms with Crippen molar-refractivity contribution in [2.45, 2.75) is 19.4 Å². The molecule has 0 saturated carbocycles. The molecule has 3 heterocycles. The molecule has 0 radical (unpaired) electrons. The van der Waals surface area contributed by atoms with Gasteiger partial charge in [0.25, 0.3) is 5.91 Å². The second-order valence-corrected chi connectivity index (χ2v) is 6.31. The van der Waals surface area contributed by atoms with Gasteiger partial charge >= 0.3 is 0 Å². The van der Waals surface area contributed by atoms with Crippen molar-refractivity contribution in [3.8, 4) is 0 Å². The van der Waals surface area contributed by atoms with E-state index >= 15 is 0 Å². The average Bonchev–Trinajstić information content (AvgIpc) is 3.25. The van der Waals surface area contributed by atoms with E-state index in [2.05, 4.69) is 5.32 Å². The lowest BCUT2D eigenvalue weighted by molar-refractivity contribution is -0.126. The number of thiophene rings is 1. The van der Waals surface area contributed by atoms with E-state index < -0.39 is 0 Å². The van der Waals surface area contributed by atoms with Gasteiger partial charge in [-0.25, -0.2) is 0 Å². The Hall–Kier alpha value is -2.08. The summed E-state index contributed by atoms with van der Waals surface area (Å²) in [5.41, 5.74) is 0. The van der Waals surface area contributed by atoms with Crippen molar-refractivity contribution < 1.29 is 14.0 Å². The summed E-state index contributed by atoms with van der Waals surface area (Å²) < 4.78 is 5.20. The lowest BCUT2D eigenvalue weighted by Crippen LogP contribution is -2.45. The molecule has 22 heavy (non-hydrogen) atoms. The summed E-state index contributed by atoms with van der Waals surface area (Å²) in [6.07, 6.45) is 3.26. The Morgan fingerprint density at radius 2 is 2.27 bits per heavy atom. The highest BCUT2D eigenvalue weighted by atomic mass is 32.1. The van der Waals surface area contributed by atoms with E-state index in [1.54, 1.807) is 17.2 Å². The fourth-order valence-electron chi connectivity index (χ4n) is 2.66. The van der Waals surface area contributed by atoms with Crippen LogP contribution in [-0.2, 0) is 11.3 Å². The molecule has 6 heteroatoms.